The molecule has 2 saturated heterocycles. The molecule has 28 heavy (non-hydrogen) atoms. The number of rotatable bonds is 6. The van der Waals surface area contributed by atoms with Gasteiger partial charge in [0.25, 0.3) is 0 Å². The molecule has 1 aromatic carbocycles. The second kappa shape index (κ2) is 9.52. The first-order valence-electron chi connectivity index (χ1n) is 10.3. The molecule has 3 rings (SSSR count). The maximum atomic E-state index is 12.9. The molecule has 1 amide bonds. The van der Waals surface area contributed by atoms with Crippen molar-refractivity contribution in [2.24, 2.45) is 5.92 Å². The maximum Gasteiger partial charge on any atom is 0.303 e. The molecule has 0 spiro atoms. The Balaban J connectivity index is 1.64. The largest absolute Gasteiger partial charge is 0.481 e. The molecular formula is C22H32N2O4. The van der Waals surface area contributed by atoms with Crippen LogP contribution in [0, 0.1) is 19.8 Å². The Labute approximate surface area is 167 Å². The van der Waals surface area contributed by atoms with E-state index in [4.69, 9.17) is 9.84 Å². The van der Waals surface area contributed by atoms with E-state index in [1.54, 1.807) is 0 Å². The van der Waals surface area contributed by atoms with Crippen molar-refractivity contribution in [3.8, 4) is 0 Å². The lowest BCUT2D eigenvalue weighted by atomic mass is 9.86. The molecule has 1 aromatic rings. The predicted octanol–water partition coefficient (Wildman–Crippen LogP) is 2.26. The summed E-state index contributed by atoms with van der Waals surface area (Å²) in [5.74, 6) is -0.421. The molecule has 6 heteroatoms. The first-order valence-corrected chi connectivity index (χ1v) is 10.3. The van der Waals surface area contributed by atoms with E-state index < -0.39 is 5.97 Å². The first kappa shape index (κ1) is 20.8. The Morgan fingerprint density at radius 1 is 1.14 bits per heavy atom. The average Bonchev–Trinajstić information content (AvgIpc) is 2.69. The van der Waals surface area contributed by atoms with E-state index >= 15 is 0 Å². The number of hydrogen-bond donors (Lipinski definition) is 1. The fourth-order valence-electron chi connectivity index (χ4n) is 4.43. The van der Waals surface area contributed by atoms with E-state index in [1.807, 2.05) is 11.0 Å². The van der Waals surface area contributed by atoms with Crippen LogP contribution in [-0.2, 0) is 20.7 Å². The summed E-state index contributed by atoms with van der Waals surface area (Å²) in [5.41, 5.74) is 3.48. The highest BCUT2D eigenvalue weighted by molar-refractivity contribution is 5.79. The van der Waals surface area contributed by atoms with Gasteiger partial charge in [-0.1, -0.05) is 18.2 Å². The Hall–Kier alpha value is -1.92. The third-order valence-corrected chi connectivity index (χ3v) is 6.22. The van der Waals surface area contributed by atoms with Crippen LogP contribution in [0.1, 0.15) is 36.0 Å². The highest BCUT2D eigenvalue weighted by atomic mass is 16.5. The van der Waals surface area contributed by atoms with Gasteiger partial charge in [-0.3, -0.25) is 14.5 Å². The number of benzene rings is 1. The van der Waals surface area contributed by atoms with Crippen LogP contribution in [0.25, 0.3) is 0 Å². The Morgan fingerprint density at radius 3 is 2.57 bits per heavy atom. The fraction of sp³-hybridized carbons (Fsp3) is 0.636. The number of aryl methyl sites for hydroxylation is 2. The van der Waals surface area contributed by atoms with Gasteiger partial charge in [0.1, 0.15) is 0 Å². The summed E-state index contributed by atoms with van der Waals surface area (Å²) in [5, 5.41) is 9.14. The predicted molar refractivity (Wildman–Crippen MR) is 107 cm³/mol. The van der Waals surface area contributed by atoms with Crippen molar-refractivity contribution >= 4 is 11.9 Å². The lowest BCUT2D eigenvalue weighted by molar-refractivity contribution is -0.138. The molecule has 0 saturated carbocycles. The molecule has 2 heterocycles. The van der Waals surface area contributed by atoms with E-state index in [9.17, 15) is 9.59 Å². The van der Waals surface area contributed by atoms with Crippen LogP contribution in [0.5, 0.6) is 0 Å². The van der Waals surface area contributed by atoms with Crippen LogP contribution in [0.2, 0.25) is 0 Å². The molecule has 6 nitrogen and oxygen atoms in total. The summed E-state index contributed by atoms with van der Waals surface area (Å²) in [7, 11) is 0. The zero-order valence-electron chi connectivity index (χ0n) is 17.0. The van der Waals surface area contributed by atoms with E-state index in [0.29, 0.717) is 25.4 Å². The number of aliphatic carboxylic acids is 1. The molecule has 0 radical (unpaired) electrons. The van der Waals surface area contributed by atoms with E-state index in [2.05, 4.69) is 30.9 Å². The Kier molecular flexibility index (Phi) is 7.08. The molecule has 2 atom stereocenters. The molecule has 0 aromatic heterocycles. The quantitative estimate of drug-likeness (QED) is 0.810. The van der Waals surface area contributed by atoms with Gasteiger partial charge in [0.05, 0.1) is 19.6 Å². The number of hydrogen-bond acceptors (Lipinski definition) is 4. The van der Waals surface area contributed by atoms with Gasteiger partial charge in [0.2, 0.25) is 5.91 Å². The van der Waals surface area contributed by atoms with Crippen LogP contribution in [0.4, 0.5) is 0 Å². The zero-order valence-corrected chi connectivity index (χ0v) is 17.0. The normalized spacial score (nSPS) is 23.6. The highest BCUT2D eigenvalue weighted by Gasteiger charge is 2.35. The minimum atomic E-state index is -0.765. The third-order valence-electron chi connectivity index (χ3n) is 6.22. The van der Waals surface area contributed by atoms with Crippen LogP contribution in [0.15, 0.2) is 18.2 Å². The number of carboxylic acids is 1. The fourth-order valence-corrected chi connectivity index (χ4v) is 4.43. The van der Waals surface area contributed by atoms with Crippen LogP contribution in [-0.4, -0.2) is 72.2 Å². The molecule has 1 N–H and O–H groups in total. The zero-order chi connectivity index (χ0) is 20.1. The molecule has 154 valence electrons. The van der Waals surface area contributed by atoms with E-state index in [-0.39, 0.29) is 18.2 Å². The van der Waals surface area contributed by atoms with Crippen molar-refractivity contribution in [2.75, 3.05) is 39.4 Å². The van der Waals surface area contributed by atoms with E-state index in [1.165, 1.54) is 11.1 Å². The molecule has 2 aliphatic rings. The second-order valence-electron chi connectivity index (χ2n) is 8.13. The van der Waals surface area contributed by atoms with Gasteiger partial charge >= 0.3 is 5.97 Å². The number of carbonyl (C=O) groups excluding carboxylic acids is 1. The Bertz CT molecular complexity index is 700. The maximum absolute atomic E-state index is 12.9. The second-order valence-corrected chi connectivity index (χ2v) is 8.13. The van der Waals surface area contributed by atoms with Crippen molar-refractivity contribution in [2.45, 2.75) is 45.6 Å². The SMILES string of the molecule is Cc1ccc(CC(=O)N2CCC(N3CCOCC3)C(CCC(=O)O)C2)cc1C. The average molecular weight is 389 g/mol. The van der Waals surface area contributed by atoms with Gasteiger partial charge in [-0.2, -0.15) is 0 Å². The summed E-state index contributed by atoms with van der Waals surface area (Å²) in [4.78, 5) is 28.4. The monoisotopic (exact) mass is 388 g/mol. The summed E-state index contributed by atoms with van der Waals surface area (Å²) in [6, 6.07) is 6.53. The molecule has 2 unspecified atom stereocenters. The summed E-state index contributed by atoms with van der Waals surface area (Å²) in [6.45, 7) is 8.79. The number of ether oxygens (including phenoxy) is 1. The van der Waals surface area contributed by atoms with Crippen LogP contribution in [0.3, 0.4) is 0 Å². The molecule has 2 fully saturated rings. The van der Waals surface area contributed by atoms with Crippen molar-refractivity contribution in [3.05, 3.63) is 34.9 Å². The van der Waals surface area contributed by atoms with Crippen molar-refractivity contribution in [3.63, 3.8) is 0 Å². The summed E-state index contributed by atoms with van der Waals surface area (Å²) < 4.78 is 5.47. The van der Waals surface area contributed by atoms with Crippen molar-refractivity contribution in [1.82, 2.24) is 9.80 Å². The minimum absolute atomic E-state index is 0.143. The lowest BCUT2D eigenvalue weighted by Crippen LogP contribution is -2.55. The molecular weight excluding hydrogens is 356 g/mol. The standard InChI is InChI=1S/C22H32N2O4/c1-16-3-4-18(13-17(16)2)14-21(25)24-8-7-20(23-9-11-28-12-10-23)19(15-24)5-6-22(26)27/h3-4,13,19-20H,5-12,14-15H2,1-2H3,(H,26,27). The van der Waals surface area contributed by atoms with Gasteiger partial charge in [-0.05, 0) is 49.3 Å². The Morgan fingerprint density at radius 2 is 1.89 bits per heavy atom. The smallest absolute Gasteiger partial charge is 0.303 e. The molecule has 0 aliphatic carbocycles. The number of likely N-dealkylation sites (tertiary alicyclic amines) is 1. The van der Waals surface area contributed by atoms with Crippen molar-refractivity contribution in [1.29, 1.82) is 0 Å². The molecule has 2 aliphatic heterocycles. The van der Waals surface area contributed by atoms with Gasteiger partial charge in [-0.15, -0.1) is 0 Å². The third kappa shape index (κ3) is 5.32. The number of nitrogens with zero attached hydrogens (tertiary/aromatic N) is 2. The number of piperidine rings is 1. The van der Waals surface area contributed by atoms with Crippen LogP contribution < -0.4 is 0 Å². The molecule has 0 bridgehead atoms. The van der Waals surface area contributed by atoms with Gasteiger partial charge in [-0.25, -0.2) is 0 Å². The number of morpholine rings is 1. The van der Waals surface area contributed by atoms with E-state index in [0.717, 1.165) is 44.8 Å². The highest BCUT2D eigenvalue weighted by Crippen LogP contribution is 2.27. The minimum Gasteiger partial charge on any atom is -0.481 e. The summed E-state index contributed by atoms with van der Waals surface area (Å²) in [6.07, 6.45) is 2.09. The van der Waals surface area contributed by atoms with Crippen molar-refractivity contribution < 1.29 is 19.4 Å². The number of carbonyl (C=O) groups is 2. The topological polar surface area (TPSA) is 70.1 Å². The summed E-state index contributed by atoms with van der Waals surface area (Å²) >= 11 is 0. The van der Waals surface area contributed by atoms with Gasteiger partial charge in [0.15, 0.2) is 0 Å². The first-order chi connectivity index (χ1) is 13.4. The lowest BCUT2D eigenvalue weighted by Gasteiger charge is -2.45. The van der Waals surface area contributed by atoms with Gasteiger partial charge in [0, 0.05) is 38.6 Å². The number of amides is 1. The van der Waals surface area contributed by atoms with Gasteiger partial charge < -0.3 is 14.7 Å². The number of carboxylic acid groups (broad SMARTS) is 1. The van der Waals surface area contributed by atoms with Crippen LogP contribution >= 0.6 is 0 Å².